The molecule has 0 atom stereocenters. The fourth-order valence-electron chi connectivity index (χ4n) is 1.29. The number of oxime groups is 1. The number of hydrogen-bond donors (Lipinski definition) is 1. The lowest BCUT2D eigenvalue weighted by molar-refractivity contribution is -0.132. The van der Waals surface area contributed by atoms with Gasteiger partial charge in [0.05, 0.1) is 18.4 Å². The van der Waals surface area contributed by atoms with Crippen LogP contribution < -0.4 is 9.47 Å². The van der Waals surface area contributed by atoms with Gasteiger partial charge in [0, 0.05) is 15.9 Å². The molecule has 1 aromatic rings. The molecule has 0 bridgehead atoms. The molecule has 0 aromatic heterocycles. The van der Waals surface area contributed by atoms with E-state index in [4.69, 9.17) is 14.7 Å². The Bertz CT molecular complexity index is 488. The van der Waals surface area contributed by atoms with Crippen LogP contribution in [-0.4, -0.2) is 24.0 Å². The third-order valence-corrected chi connectivity index (χ3v) is 3.92. The molecule has 0 unspecified atom stereocenters. The number of esters is 1. The highest BCUT2D eigenvalue weighted by molar-refractivity contribution is 9.13. The molecular formula is C11H11Br2NO4. The van der Waals surface area contributed by atoms with Crippen LogP contribution in [0.1, 0.15) is 19.4 Å². The molecule has 0 spiro atoms. The van der Waals surface area contributed by atoms with E-state index in [2.05, 4.69) is 37.0 Å². The summed E-state index contributed by atoms with van der Waals surface area (Å²) in [4.78, 5) is 11.1. The smallest absolute Gasteiger partial charge is 0.308 e. The molecule has 1 N–H and O–H groups in total. The molecule has 0 aliphatic carbocycles. The van der Waals surface area contributed by atoms with E-state index in [0.29, 0.717) is 26.9 Å². The van der Waals surface area contributed by atoms with Crippen LogP contribution in [0.25, 0.3) is 0 Å². The van der Waals surface area contributed by atoms with Gasteiger partial charge in [0.15, 0.2) is 11.5 Å². The first-order valence-corrected chi connectivity index (χ1v) is 6.60. The summed E-state index contributed by atoms with van der Waals surface area (Å²) in [6.45, 7) is 3.51. The Morgan fingerprint density at radius 2 is 2.22 bits per heavy atom. The summed E-state index contributed by atoms with van der Waals surface area (Å²) in [5.74, 6) is 0.104. The van der Waals surface area contributed by atoms with Gasteiger partial charge in [0.1, 0.15) is 0 Å². The van der Waals surface area contributed by atoms with E-state index >= 15 is 0 Å². The molecule has 0 fully saturated rings. The lowest BCUT2D eigenvalue weighted by Crippen LogP contribution is -2.07. The van der Waals surface area contributed by atoms with Gasteiger partial charge in [-0.2, -0.15) is 0 Å². The molecular weight excluding hydrogens is 370 g/mol. The maximum absolute atomic E-state index is 11.1. The summed E-state index contributed by atoms with van der Waals surface area (Å²) in [5, 5.41) is 11.6. The predicted molar refractivity (Wildman–Crippen MR) is 73.7 cm³/mol. The fraction of sp³-hybridized carbons (Fsp3) is 0.273. The number of benzene rings is 1. The van der Waals surface area contributed by atoms with Crippen molar-refractivity contribution in [3.05, 3.63) is 20.6 Å². The summed E-state index contributed by atoms with van der Waals surface area (Å²) >= 11 is 6.64. The maximum atomic E-state index is 11.1. The number of halogens is 2. The first kappa shape index (κ1) is 15.0. The molecule has 98 valence electrons. The Morgan fingerprint density at radius 1 is 1.56 bits per heavy atom. The van der Waals surface area contributed by atoms with Gasteiger partial charge in [-0.3, -0.25) is 4.79 Å². The van der Waals surface area contributed by atoms with Crippen molar-refractivity contribution in [2.24, 2.45) is 5.16 Å². The molecule has 1 rings (SSSR count). The number of rotatable bonds is 4. The first-order valence-electron chi connectivity index (χ1n) is 5.01. The van der Waals surface area contributed by atoms with Crippen molar-refractivity contribution < 1.29 is 19.5 Å². The molecule has 18 heavy (non-hydrogen) atoms. The molecule has 0 saturated carbocycles. The van der Waals surface area contributed by atoms with Gasteiger partial charge in [-0.05, 0) is 44.8 Å². The second-order valence-corrected chi connectivity index (χ2v) is 4.83. The zero-order chi connectivity index (χ0) is 13.7. The summed E-state index contributed by atoms with van der Waals surface area (Å²) in [6.07, 6.45) is 1.16. The number of ether oxygens (including phenoxy) is 2. The minimum absolute atomic E-state index is 0.206. The number of carbonyl (C=O) groups is 1. The second kappa shape index (κ2) is 6.75. The van der Waals surface area contributed by atoms with E-state index < -0.39 is 5.97 Å². The van der Waals surface area contributed by atoms with Crippen molar-refractivity contribution in [2.45, 2.75) is 13.8 Å². The minimum Gasteiger partial charge on any atom is -0.490 e. The van der Waals surface area contributed by atoms with E-state index in [0.717, 1.165) is 6.21 Å². The first-order chi connectivity index (χ1) is 8.51. The van der Waals surface area contributed by atoms with Crippen LogP contribution in [-0.2, 0) is 4.79 Å². The summed E-state index contributed by atoms with van der Waals surface area (Å²) < 4.78 is 11.8. The number of carbonyl (C=O) groups excluding carboxylic acids is 1. The molecule has 0 radical (unpaired) electrons. The van der Waals surface area contributed by atoms with Gasteiger partial charge in [0.25, 0.3) is 0 Å². The van der Waals surface area contributed by atoms with E-state index in [1.807, 2.05) is 6.92 Å². The normalized spacial score (nSPS) is 10.7. The van der Waals surface area contributed by atoms with Crippen LogP contribution in [0.2, 0.25) is 0 Å². The van der Waals surface area contributed by atoms with E-state index in [-0.39, 0.29) is 5.75 Å². The molecule has 0 heterocycles. The fourth-order valence-corrected chi connectivity index (χ4v) is 2.11. The van der Waals surface area contributed by atoms with Crippen LogP contribution in [0, 0.1) is 0 Å². The van der Waals surface area contributed by atoms with Gasteiger partial charge >= 0.3 is 5.97 Å². The summed E-state index contributed by atoms with van der Waals surface area (Å²) in [7, 11) is 0. The highest BCUT2D eigenvalue weighted by Gasteiger charge is 2.18. The van der Waals surface area contributed by atoms with E-state index in [1.165, 1.54) is 6.92 Å². The zero-order valence-corrected chi connectivity index (χ0v) is 12.9. The largest absolute Gasteiger partial charge is 0.490 e. The van der Waals surface area contributed by atoms with E-state index in [1.54, 1.807) is 6.07 Å². The van der Waals surface area contributed by atoms with E-state index in [9.17, 15) is 4.79 Å². The average Bonchev–Trinajstić information content (AvgIpc) is 2.30. The van der Waals surface area contributed by atoms with Crippen LogP contribution >= 0.6 is 31.9 Å². The molecule has 0 saturated heterocycles. The monoisotopic (exact) mass is 379 g/mol. The van der Waals surface area contributed by atoms with Gasteiger partial charge < -0.3 is 14.7 Å². The number of hydrogen-bond acceptors (Lipinski definition) is 5. The van der Waals surface area contributed by atoms with Crippen LogP contribution in [0.5, 0.6) is 11.5 Å². The Balaban J connectivity index is 3.46. The van der Waals surface area contributed by atoms with Gasteiger partial charge in [0.2, 0.25) is 0 Å². The highest BCUT2D eigenvalue weighted by Crippen LogP contribution is 2.40. The maximum Gasteiger partial charge on any atom is 0.308 e. The van der Waals surface area contributed by atoms with Crippen molar-refractivity contribution in [3.8, 4) is 11.5 Å². The Kier molecular flexibility index (Phi) is 5.61. The Morgan fingerprint density at radius 3 is 2.72 bits per heavy atom. The molecule has 0 aliphatic rings. The lowest BCUT2D eigenvalue weighted by Gasteiger charge is -2.14. The minimum atomic E-state index is -0.488. The van der Waals surface area contributed by atoms with Crippen molar-refractivity contribution in [1.82, 2.24) is 0 Å². The van der Waals surface area contributed by atoms with Gasteiger partial charge in [-0.15, -0.1) is 0 Å². The molecule has 7 heteroatoms. The predicted octanol–water partition coefficient (Wildman–Crippen LogP) is 3.34. The molecule has 1 aromatic carbocycles. The average molecular weight is 381 g/mol. The topological polar surface area (TPSA) is 68.1 Å². The Labute approximate surface area is 121 Å². The van der Waals surface area contributed by atoms with Crippen LogP contribution in [0.15, 0.2) is 20.2 Å². The summed E-state index contributed by atoms with van der Waals surface area (Å²) in [5.41, 5.74) is 0.408. The molecule has 5 nitrogen and oxygen atoms in total. The Hall–Kier alpha value is -1.08. The summed E-state index contributed by atoms with van der Waals surface area (Å²) in [6, 6.07) is 1.67. The third kappa shape index (κ3) is 3.46. The van der Waals surface area contributed by atoms with Crippen LogP contribution in [0.3, 0.4) is 0 Å². The van der Waals surface area contributed by atoms with Crippen molar-refractivity contribution in [1.29, 1.82) is 0 Å². The third-order valence-electron chi connectivity index (χ3n) is 1.90. The highest BCUT2D eigenvalue weighted by atomic mass is 79.9. The van der Waals surface area contributed by atoms with Crippen molar-refractivity contribution in [3.63, 3.8) is 0 Å². The van der Waals surface area contributed by atoms with Crippen LogP contribution in [0.4, 0.5) is 0 Å². The molecule has 0 aliphatic heterocycles. The van der Waals surface area contributed by atoms with Gasteiger partial charge in [-0.25, -0.2) is 0 Å². The lowest BCUT2D eigenvalue weighted by atomic mass is 10.2. The number of nitrogens with zero attached hydrogens (tertiary/aromatic N) is 1. The standard InChI is InChI=1S/C11H11Br2NO4/c1-3-17-9-4-8(12)10(13)7(5-14-16)11(9)18-6(2)15/h4-5,16H,3H2,1-2H3/b14-5-. The SMILES string of the molecule is CCOc1cc(Br)c(Br)c(/C=N\O)c1OC(C)=O. The van der Waals surface area contributed by atoms with Crippen molar-refractivity contribution in [2.75, 3.05) is 6.61 Å². The molecule has 0 amide bonds. The van der Waals surface area contributed by atoms with Gasteiger partial charge in [-0.1, -0.05) is 5.16 Å². The quantitative estimate of drug-likeness (QED) is 0.286. The van der Waals surface area contributed by atoms with Crippen molar-refractivity contribution >= 4 is 44.0 Å². The second-order valence-electron chi connectivity index (χ2n) is 3.18. The zero-order valence-electron chi connectivity index (χ0n) is 9.74.